The first-order valence-electron chi connectivity index (χ1n) is 5.54. The second kappa shape index (κ2) is 5.62. The lowest BCUT2D eigenvalue weighted by Crippen LogP contribution is -2.29. The third-order valence-corrected chi connectivity index (χ3v) is 2.81. The molecule has 0 bridgehead atoms. The monoisotopic (exact) mass is 217 g/mol. The summed E-state index contributed by atoms with van der Waals surface area (Å²) in [6.45, 7) is 4.18. The van der Waals surface area contributed by atoms with Crippen LogP contribution < -0.4 is 0 Å². The smallest absolute Gasteiger partial charge is 0.0683 e. The summed E-state index contributed by atoms with van der Waals surface area (Å²) < 4.78 is 0. The van der Waals surface area contributed by atoms with E-state index in [9.17, 15) is 5.26 Å². The molecule has 1 heterocycles. The number of aromatic nitrogens is 1. The molecule has 0 N–H and O–H groups in total. The van der Waals surface area contributed by atoms with Crippen molar-refractivity contribution in [2.24, 2.45) is 11.8 Å². The Labute approximate surface area is 97.7 Å². The molecule has 0 saturated heterocycles. The molecule has 1 rings (SSSR count). The van der Waals surface area contributed by atoms with E-state index in [2.05, 4.69) is 29.8 Å². The Kier molecular flexibility index (Phi) is 4.45. The third-order valence-electron chi connectivity index (χ3n) is 2.81. The average Bonchev–Trinajstić information content (AvgIpc) is 2.25. The van der Waals surface area contributed by atoms with E-state index in [1.54, 1.807) is 12.4 Å². The minimum atomic E-state index is -0.00241. The lowest BCUT2D eigenvalue weighted by Gasteiger charge is -2.30. The topological polar surface area (TPSA) is 39.9 Å². The molecule has 0 spiro atoms. The van der Waals surface area contributed by atoms with E-state index in [1.165, 1.54) is 0 Å². The Hall–Kier alpha value is -1.40. The summed E-state index contributed by atoms with van der Waals surface area (Å²) >= 11 is 0. The molecule has 2 unspecified atom stereocenters. The molecule has 0 fully saturated rings. The van der Waals surface area contributed by atoms with Gasteiger partial charge in [-0.3, -0.25) is 4.98 Å². The van der Waals surface area contributed by atoms with Crippen LogP contribution >= 0.6 is 0 Å². The number of nitriles is 1. The van der Waals surface area contributed by atoms with Gasteiger partial charge in [0.15, 0.2) is 0 Å². The van der Waals surface area contributed by atoms with Gasteiger partial charge in [0.05, 0.1) is 18.0 Å². The zero-order chi connectivity index (χ0) is 12.1. The molecule has 16 heavy (non-hydrogen) atoms. The maximum atomic E-state index is 9.28. The minimum Gasteiger partial charge on any atom is -0.301 e. The molecule has 1 aromatic heterocycles. The number of rotatable bonds is 4. The highest BCUT2D eigenvalue weighted by molar-refractivity contribution is 5.18. The molecular weight excluding hydrogens is 198 g/mol. The predicted molar refractivity (Wildman–Crippen MR) is 64.6 cm³/mol. The van der Waals surface area contributed by atoms with Crippen LogP contribution in [0.25, 0.3) is 0 Å². The van der Waals surface area contributed by atoms with Crippen molar-refractivity contribution in [1.29, 1.82) is 5.26 Å². The van der Waals surface area contributed by atoms with Gasteiger partial charge in [0.25, 0.3) is 0 Å². The Morgan fingerprint density at radius 2 is 1.81 bits per heavy atom. The molecule has 3 nitrogen and oxygen atoms in total. The van der Waals surface area contributed by atoms with Crippen LogP contribution in [0.1, 0.15) is 25.5 Å². The summed E-state index contributed by atoms with van der Waals surface area (Å²) in [7, 11) is 4.02. The lowest BCUT2D eigenvalue weighted by atomic mass is 9.85. The number of pyridine rings is 1. The molecule has 0 radical (unpaired) electrons. The fraction of sp³-hybridized carbons (Fsp3) is 0.538. The van der Waals surface area contributed by atoms with E-state index in [-0.39, 0.29) is 12.0 Å². The van der Waals surface area contributed by atoms with E-state index in [1.807, 2.05) is 26.2 Å². The van der Waals surface area contributed by atoms with Crippen molar-refractivity contribution in [2.45, 2.75) is 19.9 Å². The number of nitrogens with zero attached hydrogens (tertiary/aromatic N) is 3. The van der Waals surface area contributed by atoms with Gasteiger partial charge in [-0.15, -0.1) is 0 Å². The summed E-state index contributed by atoms with van der Waals surface area (Å²) in [5, 5.41) is 9.28. The molecule has 86 valence electrons. The minimum absolute atomic E-state index is 0.00241. The maximum absolute atomic E-state index is 9.28. The predicted octanol–water partition coefficient (Wildman–Crippen LogP) is 2.48. The van der Waals surface area contributed by atoms with Gasteiger partial charge in [-0.05, 0) is 37.7 Å². The Balaban J connectivity index is 3.05. The molecule has 0 saturated carbocycles. The molecule has 0 amide bonds. The van der Waals surface area contributed by atoms with Gasteiger partial charge in [-0.1, -0.05) is 13.8 Å². The van der Waals surface area contributed by atoms with Crippen molar-refractivity contribution in [1.82, 2.24) is 9.88 Å². The maximum Gasteiger partial charge on any atom is 0.0683 e. The summed E-state index contributed by atoms with van der Waals surface area (Å²) in [6, 6.07) is 6.52. The molecular formula is C13H19N3. The largest absolute Gasteiger partial charge is 0.301 e. The Morgan fingerprint density at radius 1 is 1.25 bits per heavy atom. The van der Waals surface area contributed by atoms with Gasteiger partial charge in [0, 0.05) is 12.4 Å². The molecule has 1 aromatic rings. The van der Waals surface area contributed by atoms with Gasteiger partial charge < -0.3 is 4.90 Å². The van der Waals surface area contributed by atoms with Gasteiger partial charge in [-0.25, -0.2) is 0 Å². The Morgan fingerprint density at radius 3 is 2.19 bits per heavy atom. The van der Waals surface area contributed by atoms with Crippen LogP contribution in [-0.2, 0) is 0 Å². The highest BCUT2D eigenvalue weighted by Crippen LogP contribution is 2.31. The van der Waals surface area contributed by atoms with Gasteiger partial charge >= 0.3 is 0 Å². The van der Waals surface area contributed by atoms with Crippen molar-refractivity contribution < 1.29 is 0 Å². The molecule has 0 aliphatic carbocycles. The van der Waals surface area contributed by atoms with Crippen LogP contribution in [0, 0.1) is 23.2 Å². The van der Waals surface area contributed by atoms with Crippen LogP contribution in [0.5, 0.6) is 0 Å². The third kappa shape index (κ3) is 2.80. The number of hydrogen-bond donors (Lipinski definition) is 0. The normalized spacial score (nSPS) is 14.8. The van der Waals surface area contributed by atoms with Crippen molar-refractivity contribution >= 4 is 0 Å². The highest BCUT2D eigenvalue weighted by Gasteiger charge is 2.27. The van der Waals surface area contributed by atoms with E-state index < -0.39 is 0 Å². The summed E-state index contributed by atoms with van der Waals surface area (Å²) in [6.07, 6.45) is 3.56. The zero-order valence-electron chi connectivity index (χ0n) is 10.4. The molecule has 0 aliphatic rings. The van der Waals surface area contributed by atoms with Crippen molar-refractivity contribution in [2.75, 3.05) is 14.1 Å². The van der Waals surface area contributed by atoms with Crippen LogP contribution in [0.15, 0.2) is 24.5 Å². The van der Waals surface area contributed by atoms with E-state index in [0.717, 1.165) is 5.56 Å². The fourth-order valence-corrected chi connectivity index (χ4v) is 1.97. The zero-order valence-corrected chi connectivity index (χ0v) is 10.4. The van der Waals surface area contributed by atoms with E-state index >= 15 is 0 Å². The van der Waals surface area contributed by atoms with Gasteiger partial charge in [0.2, 0.25) is 0 Å². The second-order valence-corrected chi connectivity index (χ2v) is 4.59. The molecule has 3 heteroatoms. The number of hydrogen-bond acceptors (Lipinski definition) is 3. The molecule has 2 atom stereocenters. The first kappa shape index (κ1) is 12.7. The van der Waals surface area contributed by atoms with Crippen molar-refractivity contribution in [3.63, 3.8) is 0 Å². The first-order chi connectivity index (χ1) is 7.57. The van der Waals surface area contributed by atoms with Crippen molar-refractivity contribution in [3.8, 4) is 6.07 Å². The quantitative estimate of drug-likeness (QED) is 0.778. The summed E-state index contributed by atoms with van der Waals surface area (Å²) in [5.74, 6) is 0.336. The van der Waals surface area contributed by atoms with Crippen LogP contribution in [0.4, 0.5) is 0 Å². The summed E-state index contributed by atoms with van der Waals surface area (Å²) in [5.41, 5.74) is 1.15. The summed E-state index contributed by atoms with van der Waals surface area (Å²) in [4.78, 5) is 6.12. The molecule has 0 aromatic carbocycles. The van der Waals surface area contributed by atoms with Crippen LogP contribution in [-0.4, -0.2) is 24.0 Å². The SMILES string of the molecule is CC(C)C(C#N)C(c1ccncc1)N(C)C. The average molecular weight is 217 g/mol. The van der Waals surface area contributed by atoms with Gasteiger partial charge in [-0.2, -0.15) is 5.26 Å². The van der Waals surface area contributed by atoms with Crippen LogP contribution in [0.2, 0.25) is 0 Å². The Bertz CT molecular complexity index is 351. The van der Waals surface area contributed by atoms with E-state index in [4.69, 9.17) is 0 Å². The second-order valence-electron chi connectivity index (χ2n) is 4.59. The fourth-order valence-electron chi connectivity index (χ4n) is 1.97. The van der Waals surface area contributed by atoms with E-state index in [0.29, 0.717) is 5.92 Å². The standard InChI is InChI=1S/C13H19N3/c1-10(2)12(9-14)13(16(3)4)11-5-7-15-8-6-11/h5-8,10,12-13H,1-4H3. The van der Waals surface area contributed by atoms with Crippen LogP contribution in [0.3, 0.4) is 0 Å². The van der Waals surface area contributed by atoms with Gasteiger partial charge in [0.1, 0.15) is 0 Å². The van der Waals surface area contributed by atoms with Crippen molar-refractivity contribution in [3.05, 3.63) is 30.1 Å². The highest BCUT2D eigenvalue weighted by atomic mass is 15.1. The lowest BCUT2D eigenvalue weighted by molar-refractivity contribution is 0.210. The first-order valence-corrected chi connectivity index (χ1v) is 5.54. The molecule has 0 aliphatic heterocycles.